The highest BCUT2D eigenvalue weighted by Crippen LogP contribution is 2.29. The van der Waals surface area contributed by atoms with Crippen molar-refractivity contribution in [3.8, 4) is 0 Å². The number of esters is 1. The van der Waals surface area contributed by atoms with Gasteiger partial charge in [0.2, 0.25) is 0 Å². The normalized spacial score (nSPS) is 15.0. The Morgan fingerprint density at radius 2 is 1.97 bits per heavy atom. The Bertz CT molecular complexity index is 1040. The number of methoxy groups -OCH3 is 1. The van der Waals surface area contributed by atoms with Crippen LogP contribution in [0.3, 0.4) is 0 Å². The zero-order valence-corrected chi connectivity index (χ0v) is 17.7. The van der Waals surface area contributed by atoms with Crippen LogP contribution in [0.25, 0.3) is 11.2 Å². The summed E-state index contributed by atoms with van der Waals surface area (Å²) in [5.41, 5.74) is 4.01. The van der Waals surface area contributed by atoms with E-state index in [9.17, 15) is 4.79 Å². The molecule has 0 amide bonds. The summed E-state index contributed by atoms with van der Waals surface area (Å²) in [6.07, 6.45) is 7.84. The van der Waals surface area contributed by atoms with Crippen molar-refractivity contribution in [2.45, 2.75) is 52.0 Å². The lowest BCUT2D eigenvalue weighted by Gasteiger charge is -2.21. The maximum Gasteiger partial charge on any atom is 0.356 e. The number of fused-ring (bicyclic) bond motifs is 1. The molecule has 6 heteroatoms. The van der Waals surface area contributed by atoms with Crippen LogP contribution in [0.15, 0.2) is 30.3 Å². The van der Waals surface area contributed by atoms with Crippen LogP contribution >= 0.6 is 11.6 Å². The molecule has 4 rings (SSSR count). The number of pyridine rings is 1. The molecule has 0 N–H and O–H groups in total. The molecule has 152 valence electrons. The van der Waals surface area contributed by atoms with Gasteiger partial charge in [0.15, 0.2) is 11.3 Å². The van der Waals surface area contributed by atoms with Gasteiger partial charge in [0.25, 0.3) is 0 Å². The van der Waals surface area contributed by atoms with E-state index in [2.05, 4.69) is 28.2 Å². The van der Waals surface area contributed by atoms with Gasteiger partial charge >= 0.3 is 5.97 Å². The van der Waals surface area contributed by atoms with Gasteiger partial charge in [0.1, 0.15) is 11.3 Å². The fourth-order valence-electron chi connectivity index (χ4n) is 4.26. The smallest absolute Gasteiger partial charge is 0.356 e. The quantitative estimate of drug-likeness (QED) is 0.531. The molecule has 0 spiro atoms. The second-order valence-electron chi connectivity index (χ2n) is 7.91. The Kier molecular flexibility index (Phi) is 5.86. The van der Waals surface area contributed by atoms with Gasteiger partial charge < -0.3 is 9.30 Å². The molecule has 1 aliphatic carbocycles. The highest BCUT2D eigenvalue weighted by Gasteiger charge is 2.17. The van der Waals surface area contributed by atoms with Crippen LogP contribution < -0.4 is 0 Å². The number of benzene rings is 1. The van der Waals surface area contributed by atoms with Gasteiger partial charge in [-0.25, -0.2) is 14.8 Å². The van der Waals surface area contributed by atoms with Crippen LogP contribution in [0.5, 0.6) is 0 Å². The summed E-state index contributed by atoms with van der Waals surface area (Å²) in [7, 11) is 1.35. The Hall–Kier alpha value is -2.40. The molecule has 1 saturated carbocycles. The summed E-state index contributed by atoms with van der Waals surface area (Å²) in [4.78, 5) is 20.9. The van der Waals surface area contributed by atoms with Gasteiger partial charge in [-0.1, -0.05) is 55.8 Å². The van der Waals surface area contributed by atoms with Crippen molar-refractivity contribution in [3.63, 3.8) is 0 Å². The number of hydrogen-bond acceptors (Lipinski definition) is 4. The van der Waals surface area contributed by atoms with E-state index in [4.69, 9.17) is 16.3 Å². The first-order valence-corrected chi connectivity index (χ1v) is 10.6. The van der Waals surface area contributed by atoms with E-state index in [1.807, 2.05) is 11.5 Å². The topological polar surface area (TPSA) is 57.0 Å². The first-order chi connectivity index (χ1) is 14.0. The molecule has 1 aromatic carbocycles. The predicted molar refractivity (Wildman–Crippen MR) is 114 cm³/mol. The number of carbonyl (C=O) groups excluding carboxylic acids is 1. The summed E-state index contributed by atoms with van der Waals surface area (Å²) >= 11 is 6.64. The Morgan fingerprint density at radius 3 is 2.69 bits per heavy atom. The second kappa shape index (κ2) is 8.54. The van der Waals surface area contributed by atoms with Gasteiger partial charge in [-0.2, -0.15) is 0 Å². The molecule has 3 aromatic rings. The number of ether oxygens (including phenoxy) is 1. The zero-order valence-electron chi connectivity index (χ0n) is 16.9. The van der Waals surface area contributed by atoms with E-state index in [1.54, 1.807) is 12.1 Å². The first-order valence-electron chi connectivity index (χ1n) is 10.2. The van der Waals surface area contributed by atoms with Gasteiger partial charge in [-0.05, 0) is 48.6 Å². The van der Waals surface area contributed by atoms with Crippen molar-refractivity contribution in [2.24, 2.45) is 5.92 Å². The third-order valence-corrected chi connectivity index (χ3v) is 6.22. The highest BCUT2D eigenvalue weighted by atomic mass is 35.5. The van der Waals surface area contributed by atoms with Crippen molar-refractivity contribution in [1.29, 1.82) is 0 Å². The van der Waals surface area contributed by atoms with E-state index >= 15 is 0 Å². The maximum atomic E-state index is 11.9. The van der Waals surface area contributed by atoms with Crippen LogP contribution in [-0.4, -0.2) is 27.6 Å². The number of aromatic nitrogens is 3. The fourth-order valence-corrected chi connectivity index (χ4v) is 4.53. The molecule has 1 aliphatic rings. The average Bonchev–Trinajstić information content (AvgIpc) is 3.04. The van der Waals surface area contributed by atoms with Crippen LogP contribution in [0.4, 0.5) is 0 Å². The van der Waals surface area contributed by atoms with E-state index in [0.717, 1.165) is 34.3 Å². The van der Waals surface area contributed by atoms with Crippen molar-refractivity contribution in [3.05, 3.63) is 58.0 Å². The van der Waals surface area contributed by atoms with Gasteiger partial charge in [0, 0.05) is 5.02 Å². The van der Waals surface area contributed by atoms with Crippen molar-refractivity contribution in [1.82, 2.24) is 14.5 Å². The third-order valence-electron chi connectivity index (χ3n) is 5.87. The number of hydrogen-bond donors (Lipinski definition) is 0. The second-order valence-corrected chi connectivity index (χ2v) is 8.32. The standard InChI is InChI=1S/C23H26ClN3O2/c1-15-25-20-10-11-21(23(28)29-2)26-22(20)27(15)14-18-9-8-17(13-19(18)24)12-16-6-4-3-5-7-16/h8-11,13,16H,3-7,12,14H2,1-2H3. The summed E-state index contributed by atoms with van der Waals surface area (Å²) in [5.74, 6) is 1.16. The highest BCUT2D eigenvalue weighted by molar-refractivity contribution is 6.31. The van der Waals surface area contributed by atoms with Gasteiger partial charge in [-0.15, -0.1) is 0 Å². The van der Waals surface area contributed by atoms with Crippen molar-refractivity contribution in [2.75, 3.05) is 7.11 Å². The minimum Gasteiger partial charge on any atom is -0.464 e. The van der Waals surface area contributed by atoms with E-state index in [1.165, 1.54) is 44.8 Å². The predicted octanol–water partition coefficient (Wildman–Crippen LogP) is 5.35. The fraction of sp³-hybridized carbons (Fsp3) is 0.435. The molecule has 2 heterocycles. The molecule has 29 heavy (non-hydrogen) atoms. The molecule has 0 bridgehead atoms. The number of imidazole rings is 1. The average molecular weight is 412 g/mol. The lowest BCUT2D eigenvalue weighted by molar-refractivity contribution is 0.0594. The van der Waals surface area contributed by atoms with Crippen LogP contribution in [-0.2, 0) is 17.7 Å². The number of carbonyl (C=O) groups is 1. The Morgan fingerprint density at radius 1 is 1.17 bits per heavy atom. The molecule has 0 radical (unpaired) electrons. The third kappa shape index (κ3) is 4.30. The monoisotopic (exact) mass is 411 g/mol. The summed E-state index contributed by atoms with van der Waals surface area (Å²) < 4.78 is 6.78. The molecule has 0 saturated heterocycles. The lowest BCUT2D eigenvalue weighted by atomic mass is 9.85. The largest absolute Gasteiger partial charge is 0.464 e. The lowest BCUT2D eigenvalue weighted by Crippen LogP contribution is -2.10. The maximum absolute atomic E-state index is 11.9. The summed E-state index contributed by atoms with van der Waals surface area (Å²) in [5, 5.41) is 0.767. The van der Waals surface area contributed by atoms with Crippen LogP contribution in [0.1, 0.15) is 59.5 Å². The van der Waals surface area contributed by atoms with E-state index in [0.29, 0.717) is 12.2 Å². The zero-order chi connectivity index (χ0) is 20.4. The van der Waals surface area contributed by atoms with Crippen molar-refractivity contribution >= 4 is 28.7 Å². The first kappa shape index (κ1) is 19.9. The number of halogens is 1. The molecule has 0 unspecified atom stereocenters. The summed E-state index contributed by atoms with van der Waals surface area (Å²) in [6.45, 7) is 2.49. The van der Waals surface area contributed by atoms with Crippen molar-refractivity contribution < 1.29 is 9.53 Å². The van der Waals surface area contributed by atoms with E-state index < -0.39 is 5.97 Å². The van der Waals surface area contributed by atoms with Gasteiger partial charge in [-0.3, -0.25) is 0 Å². The molecular weight excluding hydrogens is 386 g/mol. The minimum atomic E-state index is -0.456. The molecule has 0 aliphatic heterocycles. The SMILES string of the molecule is COC(=O)c1ccc2nc(C)n(Cc3ccc(CC4CCCCC4)cc3Cl)c2n1. The molecule has 0 atom stereocenters. The Balaban J connectivity index is 1.59. The van der Waals surface area contributed by atoms with E-state index in [-0.39, 0.29) is 5.69 Å². The minimum absolute atomic E-state index is 0.273. The molecular formula is C23H26ClN3O2. The number of aryl methyl sites for hydroxylation is 1. The molecule has 2 aromatic heterocycles. The molecule has 5 nitrogen and oxygen atoms in total. The Labute approximate surface area is 176 Å². The number of rotatable bonds is 5. The van der Waals surface area contributed by atoms with Crippen LogP contribution in [0, 0.1) is 12.8 Å². The number of nitrogens with zero attached hydrogens (tertiary/aromatic N) is 3. The van der Waals surface area contributed by atoms with Crippen LogP contribution in [0.2, 0.25) is 5.02 Å². The summed E-state index contributed by atoms with van der Waals surface area (Å²) in [6, 6.07) is 9.84. The molecule has 1 fully saturated rings. The van der Waals surface area contributed by atoms with Gasteiger partial charge in [0.05, 0.1) is 13.7 Å².